The van der Waals surface area contributed by atoms with Gasteiger partial charge >= 0.3 is 0 Å². The molecule has 4 N–H and O–H groups in total. The first kappa shape index (κ1) is 49.4. The maximum absolute atomic E-state index is 13.5. The van der Waals surface area contributed by atoms with Crippen LogP contribution in [0.3, 0.4) is 0 Å². The van der Waals surface area contributed by atoms with Crippen LogP contribution in [-0.4, -0.2) is 89.8 Å². The Hall–Kier alpha value is -9.20. The van der Waals surface area contributed by atoms with Gasteiger partial charge in [-0.25, -0.2) is 8.78 Å². The van der Waals surface area contributed by atoms with Crippen LogP contribution in [0.25, 0.3) is 32.1 Å². The van der Waals surface area contributed by atoms with Crippen molar-refractivity contribution < 1.29 is 32.8 Å². The van der Waals surface area contributed by atoms with E-state index in [1.807, 2.05) is 36.5 Å². The van der Waals surface area contributed by atoms with Gasteiger partial charge in [0.15, 0.2) is 5.11 Å². The number of pyridine rings is 2. The smallest absolute Gasteiger partial charge is 0.269 e. The molecule has 2 atom stereocenters. The number of fused-ring (bicyclic) bond motifs is 4. The van der Waals surface area contributed by atoms with Crippen LogP contribution in [0.15, 0.2) is 170 Å². The Morgan fingerprint density at radius 2 is 1.05 bits per heavy atom. The number of nitrogens with zero attached hydrogens (tertiary/aromatic N) is 6. The zero-order valence-corrected chi connectivity index (χ0v) is 41.1. The third-order valence-electron chi connectivity index (χ3n) is 12.5. The van der Waals surface area contributed by atoms with E-state index >= 15 is 0 Å². The van der Waals surface area contributed by atoms with Gasteiger partial charge in [-0.3, -0.25) is 54.6 Å². The maximum Gasteiger partial charge on any atom is 0.269 e. The van der Waals surface area contributed by atoms with Gasteiger partial charge in [0.2, 0.25) is 5.13 Å². The van der Waals surface area contributed by atoms with Crippen molar-refractivity contribution in [1.82, 2.24) is 46.1 Å². The second-order valence-corrected chi connectivity index (χ2v) is 19.0. The Morgan fingerprint density at radius 3 is 1.60 bits per heavy atom. The molecule has 2 aliphatic rings. The summed E-state index contributed by atoms with van der Waals surface area (Å²) in [4.78, 5) is 75.1. The van der Waals surface area contributed by atoms with Crippen molar-refractivity contribution in [3.05, 3.63) is 221 Å². The molecule has 0 aliphatic carbocycles. The first-order valence-corrected chi connectivity index (χ1v) is 24.7. The number of carbonyl (C=O) groups is 5. The summed E-state index contributed by atoms with van der Waals surface area (Å²) < 4.78 is 26.9. The number of rotatable bonds is 13. The summed E-state index contributed by atoms with van der Waals surface area (Å²) in [5.74, 6) is -2.53. The van der Waals surface area contributed by atoms with Crippen molar-refractivity contribution in [2.45, 2.75) is 24.9 Å². The summed E-state index contributed by atoms with van der Waals surface area (Å²) in [6.07, 6.45) is 7.71. The average molecular weight is 1040 g/mol. The van der Waals surface area contributed by atoms with Crippen molar-refractivity contribution in [1.29, 1.82) is 0 Å². The molecule has 75 heavy (non-hydrogen) atoms. The molecule has 2 aliphatic heterocycles. The van der Waals surface area contributed by atoms with Gasteiger partial charge in [0.1, 0.15) is 16.6 Å². The minimum atomic E-state index is -0.521. The van der Waals surface area contributed by atoms with E-state index in [9.17, 15) is 32.8 Å². The zero-order valence-electron chi connectivity index (χ0n) is 39.4. The zero-order chi connectivity index (χ0) is 52.0. The molecule has 5 amide bonds. The van der Waals surface area contributed by atoms with E-state index in [-0.39, 0.29) is 47.7 Å². The summed E-state index contributed by atoms with van der Waals surface area (Å²) in [5, 5.41) is 20.4. The summed E-state index contributed by atoms with van der Waals surface area (Å²) in [6, 6.07) is 39.6. The topological polar surface area (TPSA) is 192 Å². The number of benzene rings is 6. The quantitative estimate of drug-likeness (QED) is 0.0488. The van der Waals surface area contributed by atoms with Crippen LogP contribution >= 0.6 is 23.6 Å². The first-order chi connectivity index (χ1) is 36.4. The van der Waals surface area contributed by atoms with Gasteiger partial charge in [-0.05, 0) is 126 Å². The van der Waals surface area contributed by atoms with Crippen LogP contribution in [0.1, 0.15) is 62.9 Å². The second-order valence-electron chi connectivity index (χ2n) is 17.6. The Kier molecular flexibility index (Phi) is 14.4. The van der Waals surface area contributed by atoms with Crippen LogP contribution in [0.4, 0.5) is 13.9 Å². The van der Waals surface area contributed by atoms with E-state index in [0.29, 0.717) is 45.8 Å². The van der Waals surface area contributed by atoms with Crippen molar-refractivity contribution in [2.75, 3.05) is 18.4 Å². The van der Waals surface area contributed by atoms with Crippen LogP contribution < -0.4 is 21.5 Å². The second kappa shape index (κ2) is 21.9. The van der Waals surface area contributed by atoms with E-state index in [4.69, 9.17) is 12.2 Å². The molecule has 0 fully saturated rings. The maximum atomic E-state index is 13.5. The average Bonchev–Trinajstić information content (AvgIpc) is 4.08. The highest BCUT2D eigenvalue weighted by atomic mass is 32.1. The summed E-state index contributed by atoms with van der Waals surface area (Å²) in [7, 11) is 0. The lowest BCUT2D eigenvalue weighted by atomic mass is 10.1. The predicted molar refractivity (Wildman–Crippen MR) is 284 cm³/mol. The van der Waals surface area contributed by atoms with E-state index in [2.05, 4.69) is 41.7 Å². The number of hydrazine groups is 1. The van der Waals surface area contributed by atoms with E-state index in [0.717, 1.165) is 48.1 Å². The fourth-order valence-electron chi connectivity index (χ4n) is 8.80. The van der Waals surface area contributed by atoms with Crippen LogP contribution in [0.5, 0.6) is 0 Å². The molecule has 0 spiro atoms. The minimum absolute atomic E-state index is 0.0121. The van der Waals surface area contributed by atoms with Crippen molar-refractivity contribution in [2.24, 2.45) is 0 Å². The van der Waals surface area contributed by atoms with Gasteiger partial charge in [0, 0.05) is 59.8 Å². The summed E-state index contributed by atoms with van der Waals surface area (Å²) >= 11 is 6.77. The number of amides is 5. The number of imide groups is 2. The highest BCUT2D eigenvalue weighted by Gasteiger charge is 2.38. The molecule has 15 nitrogen and oxygen atoms in total. The minimum Gasteiger partial charge on any atom is -0.356 e. The third kappa shape index (κ3) is 11.2. The van der Waals surface area contributed by atoms with Gasteiger partial charge in [-0.1, -0.05) is 78.1 Å². The Bertz CT molecular complexity index is 3600. The van der Waals surface area contributed by atoms with Crippen molar-refractivity contribution in [3.63, 3.8) is 0 Å². The molecule has 0 radical (unpaired) electrons. The number of hydrogen-bond donors (Lipinski definition) is 4. The fraction of sp³-hybridized carbons (Fsp3) is 0.107. The molecule has 0 bridgehead atoms. The molecule has 11 rings (SSSR count). The van der Waals surface area contributed by atoms with Gasteiger partial charge < -0.3 is 10.6 Å². The number of aromatic nitrogens is 4. The lowest BCUT2D eigenvalue weighted by molar-refractivity contribution is 0.0629. The molecule has 6 aromatic carbocycles. The molecule has 9 aromatic rings. The van der Waals surface area contributed by atoms with Gasteiger partial charge in [-0.2, -0.15) is 0 Å². The van der Waals surface area contributed by atoms with Gasteiger partial charge in [-0.15, -0.1) is 10.2 Å². The van der Waals surface area contributed by atoms with Gasteiger partial charge in [0.05, 0.1) is 34.3 Å². The van der Waals surface area contributed by atoms with Crippen LogP contribution in [0, 0.1) is 11.6 Å². The number of anilines is 1. The molecular weight excluding hydrogens is 995 g/mol. The number of halogens is 2. The fourth-order valence-corrected chi connectivity index (χ4v) is 9.84. The van der Waals surface area contributed by atoms with E-state index in [1.165, 1.54) is 40.5 Å². The SMILES string of the molecule is O=C(NNC(=S)N[C@H](Cc1ccc(F)cc1)CN1C(=O)c2ccccc2C1=O)c1ccc2cnccc2c1.O=C1c2ccccc2C(=O)N1C[C@@H](Cc1ccc(F)cc1)Nc1nnc(-c2ccc3cnccc3c2)s1. The molecule has 3 aromatic heterocycles. The number of carbonyl (C=O) groups excluding carboxylic acids is 5. The lowest BCUT2D eigenvalue weighted by Crippen LogP contribution is -2.53. The molecule has 0 saturated heterocycles. The molecular formula is C56H42F2N10O5S2. The normalized spacial score (nSPS) is 13.5. The van der Waals surface area contributed by atoms with E-state index < -0.39 is 23.8 Å². The molecule has 372 valence electrons. The Balaban J connectivity index is 0.000000171. The highest BCUT2D eigenvalue weighted by Crippen LogP contribution is 2.31. The number of thiocarbonyl (C=S) groups is 1. The largest absolute Gasteiger partial charge is 0.356 e. The monoisotopic (exact) mass is 1040 g/mol. The number of hydrogen-bond acceptors (Lipinski definition) is 12. The van der Waals surface area contributed by atoms with Gasteiger partial charge in [0.25, 0.3) is 29.5 Å². The highest BCUT2D eigenvalue weighted by molar-refractivity contribution is 7.80. The van der Waals surface area contributed by atoms with Crippen molar-refractivity contribution in [3.8, 4) is 10.6 Å². The molecule has 5 heterocycles. The molecule has 0 unspecified atom stereocenters. The summed E-state index contributed by atoms with van der Waals surface area (Å²) in [5.41, 5.74) is 9.72. The summed E-state index contributed by atoms with van der Waals surface area (Å²) in [6.45, 7) is 0.139. The van der Waals surface area contributed by atoms with Crippen LogP contribution in [-0.2, 0) is 12.8 Å². The Labute approximate surface area is 436 Å². The number of nitrogens with one attached hydrogen (secondary N) is 4. The molecule has 19 heteroatoms. The standard InChI is InChI=1S/C28H22FN5O3S.C28H20FN5O2S/c29-21-9-5-17(6-10-21)13-22(16-34-26(36)23-3-1-2-4-24(23)27(34)37)31-28(38)33-32-25(35)19-7-8-20-15-30-12-11-18(20)14-19;29-21-9-5-17(6-10-21)13-22(16-34-26(35)23-3-1-2-4-24(23)27(34)36)31-28-33-32-25(37-28)19-7-8-20-15-30-12-11-18(20)14-19/h1-12,14-15,22H,13,16H2,(H,32,35)(H2,31,33,38);1-12,14-15,22H,13,16H2,(H,31,33)/t2*22-/m11/s1. The first-order valence-electron chi connectivity index (χ1n) is 23.5. The predicted octanol–water partition coefficient (Wildman–Crippen LogP) is 8.60. The van der Waals surface area contributed by atoms with Crippen LogP contribution in [0.2, 0.25) is 0 Å². The van der Waals surface area contributed by atoms with Crippen molar-refractivity contribution >= 4 is 84.9 Å². The lowest BCUT2D eigenvalue weighted by Gasteiger charge is -2.25. The third-order valence-corrected chi connectivity index (χ3v) is 13.6. The van der Waals surface area contributed by atoms with E-state index in [1.54, 1.807) is 110 Å². The Morgan fingerprint density at radius 1 is 0.560 bits per heavy atom. The molecule has 0 saturated carbocycles.